The van der Waals surface area contributed by atoms with E-state index in [1.807, 2.05) is 0 Å². The van der Waals surface area contributed by atoms with E-state index in [1.165, 1.54) is 26.0 Å². The van der Waals surface area contributed by atoms with Gasteiger partial charge in [0, 0.05) is 9.92 Å². The zero-order chi connectivity index (χ0) is 22.3. The SMILES string of the molecule is COC(=O)c1sc(NC(=O)COC(=O)CSc2ccc(Cl)cc2)c(C(=O)OC)c1C. The highest BCUT2D eigenvalue weighted by atomic mass is 35.5. The molecule has 160 valence electrons. The molecule has 1 aromatic carbocycles. The number of thioether (sulfide) groups is 1. The molecule has 11 heteroatoms. The van der Waals surface area contributed by atoms with Crippen molar-refractivity contribution in [1.82, 2.24) is 0 Å². The van der Waals surface area contributed by atoms with Crippen LogP contribution in [0.2, 0.25) is 5.02 Å². The van der Waals surface area contributed by atoms with Gasteiger partial charge in [-0.15, -0.1) is 23.1 Å². The smallest absolute Gasteiger partial charge is 0.348 e. The summed E-state index contributed by atoms with van der Waals surface area (Å²) in [5.74, 6) is -2.61. The van der Waals surface area contributed by atoms with Gasteiger partial charge < -0.3 is 19.5 Å². The lowest BCUT2D eigenvalue weighted by molar-refractivity contribution is -0.144. The van der Waals surface area contributed by atoms with Gasteiger partial charge in [0.2, 0.25) is 0 Å². The standard InChI is InChI=1S/C19H18ClNO7S2/c1-10-15(18(24)26-2)17(30-16(10)19(25)27-3)21-13(22)8-28-14(23)9-29-12-6-4-11(20)5-7-12/h4-7H,8-9H2,1-3H3,(H,21,22). The molecule has 0 saturated carbocycles. The van der Waals surface area contributed by atoms with Crippen molar-refractivity contribution >= 4 is 63.5 Å². The number of rotatable bonds is 8. The van der Waals surface area contributed by atoms with Gasteiger partial charge in [-0.2, -0.15) is 0 Å². The number of anilines is 1. The van der Waals surface area contributed by atoms with Crippen LogP contribution < -0.4 is 5.32 Å². The third-order valence-corrected chi connectivity index (χ3v) is 6.12. The summed E-state index contributed by atoms with van der Waals surface area (Å²) in [5.41, 5.74) is 0.367. The van der Waals surface area contributed by atoms with Gasteiger partial charge in [-0.25, -0.2) is 9.59 Å². The van der Waals surface area contributed by atoms with Crippen LogP contribution in [0.3, 0.4) is 0 Å². The van der Waals surface area contributed by atoms with E-state index in [0.29, 0.717) is 10.6 Å². The minimum atomic E-state index is -0.717. The van der Waals surface area contributed by atoms with Gasteiger partial charge in [0.15, 0.2) is 6.61 Å². The van der Waals surface area contributed by atoms with E-state index >= 15 is 0 Å². The largest absolute Gasteiger partial charge is 0.465 e. The predicted molar refractivity (Wildman–Crippen MR) is 113 cm³/mol. The quantitative estimate of drug-likeness (QED) is 0.353. The Bertz CT molecular complexity index is 957. The maximum atomic E-state index is 12.2. The van der Waals surface area contributed by atoms with Crippen LogP contribution in [0.5, 0.6) is 0 Å². The van der Waals surface area contributed by atoms with Crippen molar-refractivity contribution in [3.8, 4) is 0 Å². The zero-order valence-corrected chi connectivity index (χ0v) is 18.7. The van der Waals surface area contributed by atoms with Crippen LogP contribution in [0.4, 0.5) is 5.00 Å². The summed E-state index contributed by atoms with van der Waals surface area (Å²) in [4.78, 5) is 48.9. The summed E-state index contributed by atoms with van der Waals surface area (Å²) in [6.45, 7) is 0.990. The molecule has 0 radical (unpaired) electrons. The number of carbonyl (C=O) groups is 4. The molecule has 2 rings (SSSR count). The van der Waals surface area contributed by atoms with Crippen LogP contribution >= 0.6 is 34.7 Å². The number of benzene rings is 1. The fraction of sp³-hybridized carbons (Fsp3) is 0.263. The van der Waals surface area contributed by atoms with Gasteiger partial charge in [-0.1, -0.05) is 11.6 Å². The van der Waals surface area contributed by atoms with Crippen molar-refractivity contribution in [2.45, 2.75) is 11.8 Å². The number of methoxy groups -OCH3 is 2. The van der Waals surface area contributed by atoms with E-state index in [4.69, 9.17) is 21.1 Å². The summed E-state index contributed by atoms with van der Waals surface area (Å²) in [7, 11) is 2.39. The summed E-state index contributed by atoms with van der Waals surface area (Å²) >= 11 is 7.91. The number of amides is 1. The first-order valence-corrected chi connectivity index (χ1v) is 10.6. The van der Waals surface area contributed by atoms with Crippen LogP contribution in [0.1, 0.15) is 25.6 Å². The van der Waals surface area contributed by atoms with Gasteiger partial charge in [-0.3, -0.25) is 9.59 Å². The fourth-order valence-corrected chi connectivity index (χ4v) is 4.21. The molecule has 0 saturated heterocycles. The van der Waals surface area contributed by atoms with Crippen LogP contribution in [0.15, 0.2) is 29.2 Å². The van der Waals surface area contributed by atoms with E-state index in [1.54, 1.807) is 31.2 Å². The van der Waals surface area contributed by atoms with Gasteiger partial charge in [-0.05, 0) is 36.8 Å². The minimum absolute atomic E-state index is 0.00687. The van der Waals surface area contributed by atoms with Crippen LogP contribution in [-0.2, 0) is 23.8 Å². The van der Waals surface area contributed by atoms with Crippen LogP contribution in [0, 0.1) is 6.92 Å². The molecule has 1 N–H and O–H groups in total. The Hall–Kier alpha value is -2.56. The molecule has 0 atom stereocenters. The van der Waals surface area contributed by atoms with Crippen LogP contribution in [0.25, 0.3) is 0 Å². The Kier molecular flexibility index (Phi) is 8.70. The molecular weight excluding hydrogens is 454 g/mol. The molecule has 0 bridgehead atoms. The number of thiophene rings is 1. The maximum Gasteiger partial charge on any atom is 0.348 e. The molecule has 0 fully saturated rings. The second kappa shape index (κ2) is 11.0. The highest BCUT2D eigenvalue weighted by Gasteiger charge is 2.26. The van der Waals surface area contributed by atoms with Crippen molar-refractivity contribution in [3.05, 3.63) is 45.3 Å². The van der Waals surface area contributed by atoms with Crippen molar-refractivity contribution in [2.75, 3.05) is 31.9 Å². The Morgan fingerprint density at radius 2 is 1.70 bits per heavy atom. The average molecular weight is 472 g/mol. The normalized spacial score (nSPS) is 10.3. The lowest BCUT2D eigenvalue weighted by atomic mass is 10.1. The van der Waals surface area contributed by atoms with Gasteiger partial charge in [0.1, 0.15) is 9.88 Å². The van der Waals surface area contributed by atoms with E-state index in [9.17, 15) is 19.2 Å². The Morgan fingerprint density at radius 1 is 1.07 bits per heavy atom. The molecule has 0 aliphatic carbocycles. The predicted octanol–water partition coefficient (Wildman–Crippen LogP) is 3.56. The number of hydrogen-bond acceptors (Lipinski definition) is 9. The molecule has 8 nitrogen and oxygen atoms in total. The van der Waals surface area contributed by atoms with Crippen molar-refractivity contribution < 1.29 is 33.4 Å². The molecule has 0 spiro atoms. The number of esters is 3. The molecule has 1 heterocycles. The number of nitrogens with one attached hydrogen (secondary N) is 1. The number of carbonyl (C=O) groups excluding carboxylic acids is 4. The van der Waals surface area contributed by atoms with E-state index in [-0.39, 0.29) is 21.2 Å². The van der Waals surface area contributed by atoms with E-state index < -0.39 is 30.4 Å². The summed E-state index contributed by atoms with van der Waals surface area (Å²) < 4.78 is 14.3. The number of ether oxygens (including phenoxy) is 3. The second-order valence-electron chi connectivity index (χ2n) is 5.69. The lowest BCUT2D eigenvalue weighted by Gasteiger charge is -2.07. The molecule has 1 amide bonds. The molecule has 0 unspecified atom stereocenters. The highest BCUT2D eigenvalue weighted by Crippen LogP contribution is 2.34. The van der Waals surface area contributed by atoms with Gasteiger partial charge in [0.05, 0.1) is 25.5 Å². The van der Waals surface area contributed by atoms with E-state index in [0.717, 1.165) is 16.2 Å². The summed E-state index contributed by atoms with van der Waals surface area (Å²) in [5, 5.41) is 3.17. The first-order chi connectivity index (χ1) is 14.3. The molecule has 0 aliphatic heterocycles. The maximum absolute atomic E-state index is 12.2. The topological polar surface area (TPSA) is 108 Å². The first kappa shape index (κ1) is 23.7. The van der Waals surface area contributed by atoms with Gasteiger partial charge >= 0.3 is 17.9 Å². The monoisotopic (exact) mass is 471 g/mol. The Labute approximate surface area is 185 Å². The van der Waals surface area contributed by atoms with Crippen molar-refractivity contribution in [2.24, 2.45) is 0 Å². The first-order valence-electron chi connectivity index (χ1n) is 8.40. The minimum Gasteiger partial charge on any atom is -0.465 e. The third kappa shape index (κ3) is 6.22. The lowest BCUT2D eigenvalue weighted by Crippen LogP contribution is -2.22. The Balaban J connectivity index is 1.96. The Morgan fingerprint density at radius 3 is 2.30 bits per heavy atom. The molecular formula is C19H18ClNO7S2. The van der Waals surface area contributed by atoms with Crippen LogP contribution in [-0.4, -0.2) is 50.4 Å². The number of halogens is 1. The summed E-state index contributed by atoms with van der Waals surface area (Å²) in [6, 6.07) is 6.93. The van der Waals surface area contributed by atoms with Crippen molar-refractivity contribution in [1.29, 1.82) is 0 Å². The molecule has 0 aliphatic rings. The zero-order valence-electron chi connectivity index (χ0n) is 16.3. The number of hydrogen-bond donors (Lipinski definition) is 1. The second-order valence-corrected chi connectivity index (χ2v) is 8.20. The third-order valence-electron chi connectivity index (χ3n) is 3.69. The van der Waals surface area contributed by atoms with Gasteiger partial charge in [0.25, 0.3) is 5.91 Å². The molecule has 30 heavy (non-hydrogen) atoms. The summed E-state index contributed by atoms with van der Waals surface area (Å²) in [6.07, 6.45) is 0. The highest BCUT2D eigenvalue weighted by molar-refractivity contribution is 8.00. The average Bonchev–Trinajstić information content (AvgIpc) is 3.06. The molecule has 1 aromatic heterocycles. The van der Waals surface area contributed by atoms with E-state index in [2.05, 4.69) is 10.1 Å². The fourth-order valence-electron chi connectivity index (χ4n) is 2.26. The van der Waals surface area contributed by atoms with Crippen molar-refractivity contribution in [3.63, 3.8) is 0 Å². The molecule has 2 aromatic rings.